The van der Waals surface area contributed by atoms with Crippen LogP contribution in [-0.2, 0) is 24.2 Å². The first-order valence-corrected chi connectivity index (χ1v) is 8.83. The lowest BCUT2D eigenvalue weighted by atomic mass is 9.94. The molecule has 1 amide bonds. The van der Waals surface area contributed by atoms with Crippen molar-refractivity contribution in [2.75, 3.05) is 25.0 Å². The van der Waals surface area contributed by atoms with Crippen LogP contribution in [0.25, 0.3) is 0 Å². The lowest BCUT2D eigenvalue weighted by molar-refractivity contribution is -0.137. The highest BCUT2D eigenvalue weighted by atomic mass is 16.5. The van der Waals surface area contributed by atoms with Crippen LogP contribution in [0.3, 0.4) is 0 Å². The molecular formula is C19H22N4O2. The number of benzene rings is 1. The lowest BCUT2D eigenvalue weighted by Gasteiger charge is -2.33. The van der Waals surface area contributed by atoms with Crippen molar-refractivity contribution < 1.29 is 9.53 Å². The number of ether oxygens (including phenoxy) is 1. The smallest absolute Gasteiger partial charge is 0.229 e. The second-order valence-electron chi connectivity index (χ2n) is 6.56. The van der Waals surface area contributed by atoms with Crippen molar-refractivity contribution in [2.45, 2.75) is 26.3 Å². The molecule has 0 radical (unpaired) electrons. The maximum Gasteiger partial charge on any atom is 0.229 e. The predicted octanol–water partition coefficient (Wildman–Crippen LogP) is 2.04. The van der Waals surface area contributed by atoms with Crippen LogP contribution in [0.15, 0.2) is 30.3 Å². The number of hydrogen-bond donors (Lipinski definition) is 1. The molecule has 1 aromatic heterocycles. The summed E-state index contributed by atoms with van der Waals surface area (Å²) in [5, 5.41) is 11.7. The van der Waals surface area contributed by atoms with Crippen molar-refractivity contribution >= 4 is 11.7 Å². The summed E-state index contributed by atoms with van der Waals surface area (Å²) in [6.45, 7) is 4.57. The average Bonchev–Trinajstić information content (AvgIpc) is 2.66. The molecule has 25 heavy (non-hydrogen) atoms. The van der Waals surface area contributed by atoms with Gasteiger partial charge < -0.3 is 15.0 Å². The zero-order chi connectivity index (χ0) is 17.2. The van der Waals surface area contributed by atoms with Crippen LogP contribution in [0, 0.1) is 5.92 Å². The summed E-state index contributed by atoms with van der Waals surface area (Å²) in [4.78, 5) is 14.9. The van der Waals surface area contributed by atoms with Gasteiger partial charge in [-0.2, -0.15) is 5.10 Å². The van der Waals surface area contributed by atoms with Crippen LogP contribution in [-0.4, -0.2) is 40.7 Å². The van der Waals surface area contributed by atoms with Crippen molar-refractivity contribution in [1.82, 2.24) is 15.1 Å². The number of para-hydroxylation sites is 1. The largest absolute Gasteiger partial charge is 0.492 e. The first-order valence-electron chi connectivity index (χ1n) is 8.83. The van der Waals surface area contributed by atoms with Crippen molar-refractivity contribution in [3.8, 4) is 5.75 Å². The first kappa shape index (κ1) is 15.9. The minimum atomic E-state index is -0.112. The summed E-state index contributed by atoms with van der Waals surface area (Å²) in [5.41, 5.74) is 3.20. The number of carbonyl (C=O) groups excluding carboxylic acids is 1. The summed E-state index contributed by atoms with van der Waals surface area (Å²) < 4.78 is 5.79. The summed E-state index contributed by atoms with van der Waals surface area (Å²) in [7, 11) is 0. The number of hydrogen-bond acceptors (Lipinski definition) is 5. The molecular weight excluding hydrogens is 316 g/mol. The molecule has 1 atom stereocenters. The molecule has 130 valence electrons. The third kappa shape index (κ3) is 3.16. The second-order valence-corrected chi connectivity index (χ2v) is 6.56. The van der Waals surface area contributed by atoms with Gasteiger partial charge in [0.25, 0.3) is 0 Å². The Hall–Kier alpha value is -2.63. The number of aromatic nitrogens is 2. The quantitative estimate of drug-likeness (QED) is 0.928. The van der Waals surface area contributed by atoms with E-state index in [4.69, 9.17) is 4.74 Å². The van der Waals surface area contributed by atoms with Gasteiger partial charge in [-0.05, 0) is 36.6 Å². The Morgan fingerprint density at radius 3 is 3.08 bits per heavy atom. The molecule has 0 saturated heterocycles. The molecule has 1 N–H and O–H groups in total. The topological polar surface area (TPSA) is 67.4 Å². The van der Waals surface area contributed by atoms with Crippen molar-refractivity contribution in [1.29, 1.82) is 0 Å². The zero-order valence-corrected chi connectivity index (χ0v) is 14.4. The number of amides is 1. The predicted molar refractivity (Wildman–Crippen MR) is 94.4 cm³/mol. The Labute approximate surface area is 147 Å². The van der Waals surface area contributed by atoms with Crippen LogP contribution < -0.4 is 10.1 Å². The Bertz CT molecular complexity index is 793. The number of nitrogens with zero attached hydrogens (tertiary/aromatic N) is 3. The molecule has 1 aromatic carbocycles. The minimum Gasteiger partial charge on any atom is -0.492 e. The molecule has 3 heterocycles. The Morgan fingerprint density at radius 2 is 2.20 bits per heavy atom. The van der Waals surface area contributed by atoms with Crippen molar-refractivity contribution in [2.24, 2.45) is 5.92 Å². The van der Waals surface area contributed by atoms with Gasteiger partial charge in [0.05, 0.1) is 11.6 Å². The number of rotatable bonds is 3. The summed E-state index contributed by atoms with van der Waals surface area (Å²) in [5.74, 6) is 1.73. The fourth-order valence-electron chi connectivity index (χ4n) is 3.53. The SMILES string of the molecule is CCNc1cc2c(nn1)CCN(C(=O)[C@@H]1COc3ccccc3C1)C2. The van der Waals surface area contributed by atoms with E-state index in [1.165, 1.54) is 0 Å². The highest BCUT2D eigenvalue weighted by Crippen LogP contribution is 2.29. The fourth-order valence-corrected chi connectivity index (χ4v) is 3.53. The summed E-state index contributed by atoms with van der Waals surface area (Å²) in [6, 6.07) is 9.98. The normalized spacial score (nSPS) is 18.8. The summed E-state index contributed by atoms with van der Waals surface area (Å²) in [6.07, 6.45) is 1.50. The second kappa shape index (κ2) is 6.70. The number of fused-ring (bicyclic) bond motifs is 2. The molecule has 0 saturated carbocycles. The molecule has 0 spiro atoms. The molecule has 0 unspecified atom stereocenters. The van der Waals surface area contributed by atoms with Crippen LogP contribution in [0.5, 0.6) is 5.75 Å². The van der Waals surface area contributed by atoms with Crippen LogP contribution in [0.2, 0.25) is 0 Å². The van der Waals surface area contributed by atoms with E-state index in [9.17, 15) is 4.79 Å². The van der Waals surface area contributed by atoms with Gasteiger partial charge in [0.15, 0.2) is 0 Å². The van der Waals surface area contributed by atoms with E-state index in [2.05, 4.69) is 15.5 Å². The molecule has 0 aliphatic carbocycles. The van der Waals surface area contributed by atoms with E-state index < -0.39 is 0 Å². The maximum atomic E-state index is 13.0. The van der Waals surface area contributed by atoms with E-state index in [0.717, 1.165) is 47.8 Å². The zero-order valence-electron chi connectivity index (χ0n) is 14.4. The van der Waals surface area contributed by atoms with E-state index in [0.29, 0.717) is 19.7 Å². The van der Waals surface area contributed by atoms with Gasteiger partial charge >= 0.3 is 0 Å². The Morgan fingerprint density at radius 1 is 1.32 bits per heavy atom. The van der Waals surface area contributed by atoms with Crippen LogP contribution >= 0.6 is 0 Å². The molecule has 0 bridgehead atoms. The van der Waals surface area contributed by atoms with E-state index >= 15 is 0 Å². The highest BCUT2D eigenvalue weighted by molar-refractivity contribution is 5.80. The van der Waals surface area contributed by atoms with E-state index in [1.807, 2.05) is 42.2 Å². The third-order valence-corrected chi connectivity index (χ3v) is 4.84. The number of nitrogens with one attached hydrogen (secondary N) is 1. The van der Waals surface area contributed by atoms with Gasteiger partial charge in [0.1, 0.15) is 18.2 Å². The van der Waals surface area contributed by atoms with Gasteiger partial charge in [-0.3, -0.25) is 4.79 Å². The van der Waals surface area contributed by atoms with Crippen molar-refractivity contribution in [3.05, 3.63) is 47.2 Å². The molecule has 2 aliphatic heterocycles. The molecule has 6 heteroatoms. The van der Waals surface area contributed by atoms with Gasteiger partial charge in [0.2, 0.25) is 5.91 Å². The number of anilines is 1. The number of carbonyl (C=O) groups is 1. The molecule has 0 fully saturated rings. The van der Waals surface area contributed by atoms with Crippen molar-refractivity contribution in [3.63, 3.8) is 0 Å². The Balaban J connectivity index is 1.48. The molecule has 4 rings (SSSR count). The Kier molecular flexibility index (Phi) is 4.26. The monoisotopic (exact) mass is 338 g/mol. The highest BCUT2D eigenvalue weighted by Gasteiger charge is 2.31. The van der Waals surface area contributed by atoms with Gasteiger partial charge in [-0.15, -0.1) is 5.10 Å². The molecule has 2 aromatic rings. The molecule has 6 nitrogen and oxygen atoms in total. The van der Waals surface area contributed by atoms with E-state index in [-0.39, 0.29) is 11.8 Å². The van der Waals surface area contributed by atoms with Crippen LogP contribution in [0.4, 0.5) is 5.82 Å². The third-order valence-electron chi connectivity index (χ3n) is 4.84. The van der Waals surface area contributed by atoms with Crippen LogP contribution in [0.1, 0.15) is 23.7 Å². The summed E-state index contributed by atoms with van der Waals surface area (Å²) >= 11 is 0. The van der Waals surface area contributed by atoms with Gasteiger partial charge in [-0.1, -0.05) is 18.2 Å². The first-order chi connectivity index (χ1) is 12.2. The molecule has 2 aliphatic rings. The average molecular weight is 338 g/mol. The van der Waals surface area contributed by atoms with Gasteiger partial charge in [-0.25, -0.2) is 0 Å². The minimum absolute atomic E-state index is 0.112. The standard InChI is InChI=1S/C19H22N4O2/c1-2-20-18-10-14-11-23(8-7-16(14)21-22-18)19(24)15-9-13-5-3-4-6-17(13)25-12-15/h3-6,10,15H,2,7-9,11-12H2,1H3,(H,20,22)/t15-/m0/s1. The van der Waals surface area contributed by atoms with Gasteiger partial charge in [0, 0.05) is 26.1 Å². The fraction of sp³-hybridized carbons (Fsp3) is 0.421. The maximum absolute atomic E-state index is 13.0. The lowest BCUT2D eigenvalue weighted by Crippen LogP contribution is -2.43. The van der Waals surface area contributed by atoms with E-state index in [1.54, 1.807) is 0 Å².